The van der Waals surface area contributed by atoms with Crippen LogP contribution in [0.15, 0.2) is 72.9 Å². The Labute approximate surface area is 162 Å². The fourth-order valence-electron chi connectivity index (χ4n) is 2.42. The lowest BCUT2D eigenvalue weighted by Crippen LogP contribution is -2.08. The van der Waals surface area contributed by atoms with Crippen LogP contribution >= 0.6 is 0 Å². The summed E-state index contributed by atoms with van der Waals surface area (Å²) in [4.78, 5) is 16.2. The number of rotatable bonds is 7. The summed E-state index contributed by atoms with van der Waals surface area (Å²) in [6.45, 7) is 0.386. The molecule has 142 valence electrons. The Morgan fingerprint density at radius 2 is 1.96 bits per heavy atom. The molecule has 0 atom stereocenters. The molecule has 0 radical (unpaired) electrons. The highest BCUT2D eigenvalue weighted by Crippen LogP contribution is 2.20. The van der Waals surface area contributed by atoms with Crippen molar-refractivity contribution in [3.63, 3.8) is 0 Å². The lowest BCUT2D eigenvalue weighted by molar-refractivity contribution is -0.111. The van der Waals surface area contributed by atoms with Crippen molar-refractivity contribution in [2.24, 2.45) is 0 Å². The zero-order chi connectivity index (χ0) is 19.8. The number of pyridine rings is 1. The van der Waals surface area contributed by atoms with Gasteiger partial charge in [0.05, 0.1) is 12.8 Å². The topological polar surface area (TPSA) is 60.5 Å². The zero-order valence-electron chi connectivity index (χ0n) is 15.3. The summed E-state index contributed by atoms with van der Waals surface area (Å²) >= 11 is 0. The largest absolute Gasteiger partial charge is 0.494 e. The first-order valence-electron chi connectivity index (χ1n) is 8.59. The first-order valence-corrected chi connectivity index (χ1v) is 8.59. The smallest absolute Gasteiger partial charge is 0.248 e. The second-order valence-corrected chi connectivity index (χ2v) is 5.85. The van der Waals surface area contributed by atoms with Crippen LogP contribution in [0.5, 0.6) is 11.5 Å². The van der Waals surface area contributed by atoms with E-state index in [1.54, 1.807) is 18.3 Å². The molecule has 1 aromatic heterocycles. The van der Waals surface area contributed by atoms with E-state index in [1.165, 1.54) is 25.3 Å². The summed E-state index contributed by atoms with van der Waals surface area (Å²) in [5.41, 5.74) is 2.03. The first kappa shape index (κ1) is 19.1. The minimum atomic E-state index is -0.537. The van der Waals surface area contributed by atoms with Crippen LogP contribution in [0.2, 0.25) is 0 Å². The van der Waals surface area contributed by atoms with Crippen LogP contribution in [0.3, 0.4) is 0 Å². The summed E-state index contributed by atoms with van der Waals surface area (Å²) in [6, 6.07) is 17.2. The van der Waals surface area contributed by atoms with Crippen molar-refractivity contribution in [1.29, 1.82) is 0 Å². The minimum Gasteiger partial charge on any atom is -0.494 e. The van der Waals surface area contributed by atoms with Gasteiger partial charge in [0, 0.05) is 24.0 Å². The molecule has 0 saturated heterocycles. The van der Waals surface area contributed by atoms with E-state index in [9.17, 15) is 9.18 Å². The van der Waals surface area contributed by atoms with Gasteiger partial charge in [-0.1, -0.05) is 18.2 Å². The molecule has 0 saturated carbocycles. The van der Waals surface area contributed by atoms with Crippen LogP contribution in [0, 0.1) is 5.82 Å². The van der Waals surface area contributed by atoms with Crippen molar-refractivity contribution >= 4 is 17.7 Å². The van der Waals surface area contributed by atoms with E-state index in [4.69, 9.17) is 9.47 Å². The predicted molar refractivity (Wildman–Crippen MR) is 106 cm³/mol. The Kier molecular flexibility index (Phi) is 6.36. The van der Waals surface area contributed by atoms with Gasteiger partial charge in [-0.25, -0.2) is 4.39 Å². The van der Waals surface area contributed by atoms with Gasteiger partial charge in [-0.15, -0.1) is 0 Å². The van der Waals surface area contributed by atoms with Crippen molar-refractivity contribution in [2.45, 2.75) is 6.61 Å². The van der Waals surface area contributed by atoms with Gasteiger partial charge in [-0.2, -0.15) is 0 Å². The average Bonchev–Trinajstić information content (AvgIpc) is 2.72. The maximum Gasteiger partial charge on any atom is 0.248 e. The molecule has 3 aromatic rings. The van der Waals surface area contributed by atoms with Crippen molar-refractivity contribution in [1.82, 2.24) is 4.98 Å². The third-order valence-electron chi connectivity index (χ3n) is 3.84. The summed E-state index contributed by atoms with van der Waals surface area (Å²) in [7, 11) is 1.38. The molecule has 0 aliphatic carbocycles. The molecule has 0 unspecified atom stereocenters. The number of ether oxygens (including phenoxy) is 2. The number of hydrogen-bond acceptors (Lipinski definition) is 4. The summed E-state index contributed by atoms with van der Waals surface area (Å²) in [6.07, 6.45) is 4.77. The van der Waals surface area contributed by atoms with E-state index in [0.29, 0.717) is 18.0 Å². The number of aromatic nitrogens is 1. The first-order chi connectivity index (χ1) is 13.6. The number of carbonyl (C=O) groups is 1. The molecule has 0 fully saturated rings. The molecule has 0 aliphatic heterocycles. The van der Waals surface area contributed by atoms with Crippen LogP contribution in [0.4, 0.5) is 10.1 Å². The van der Waals surface area contributed by atoms with E-state index < -0.39 is 5.82 Å². The number of nitrogens with one attached hydrogen (secondary N) is 1. The van der Waals surface area contributed by atoms with Gasteiger partial charge in [0.25, 0.3) is 0 Å². The molecule has 28 heavy (non-hydrogen) atoms. The van der Waals surface area contributed by atoms with Crippen molar-refractivity contribution in [3.05, 3.63) is 90.0 Å². The van der Waals surface area contributed by atoms with Crippen molar-refractivity contribution in [3.8, 4) is 11.5 Å². The van der Waals surface area contributed by atoms with Gasteiger partial charge in [-0.05, 0) is 48.0 Å². The summed E-state index contributed by atoms with van der Waals surface area (Å²) < 4.78 is 24.2. The zero-order valence-corrected chi connectivity index (χ0v) is 15.3. The Bertz CT molecular complexity index is 957. The highest BCUT2D eigenvalue weighted by molar-refractivity contribution is 6.01. The van der Waals surface area contributed by atoms with Crippen LogP contribution in [0.1, 0.15) is 11.3 Å². The van der Waals surface area contributed by atoms with E-state index >= 15 is 0 Å². The number of methoxy groups -OCH3 is 1. The highest BCUT2D eigenvalue weighted by Gasteiger charge is 2.05. The number of carbonyl (C=O) groups excluding carboxylic acids is 1. The van der Waals surface area contributed by atoms with Crippen molar-refractivity contribution < 1.29 is 18.7 Å². The molecule has 0 spiro atoms. The molecule has 0 bridgehead atoms. The number of nitrogens with zero attached hydrogens (tertiary/aromatic N) is 1. The van der Waals surface area contributed by atoms with Gasteiger partial charge in [0.15, 0.2) is 11.6 Å². The summed E-state index contributed by atoms with van der Waals surface area (Å²) in [5, 5.41) is 2.60. The normalized spacial score (nSPS) is 10.6. The van der Waals surface area contributed by atoms with E-state index in [2.05, 4.69) is 10.3 Å². The number of anilines is 1. The molecule has 0 aliphatic rings. The van der Waals surface area contributed by atoms with Crippen LogP contribution in [-0.4, -0.2) is 18.0 Å². The molecule has 5 nitrogen and oxygen atoms in total. The SMILES string of the molecule is COc1ccc(NC(=O)/C=C/c2ccc(OCc3ccccn3)cc2)cc1F. The van der Waals surface area contributed by atoms with Crippen LogP contribution in [0.25, 0.3) is 6.08 Å². The highest BCUT2D eigenvalue weighted by atomic mass is 19.1. The fourth-order valence-corrected chi connectivity index (χ4v) is 2.42. The monoisotopic (exact) mass is 378 g/mol. The van der Waals surface area contributed by atoms with E-state index in [-0.39, 0.29) is 11.7 Å². The second-order valence-electron chi connectivity index (χ2n) is 5.85. The quantitative estimate of drug-likeness (QED) is 0.617. The molecule has 2 aromatic carbocycles. The Morgan fingerprint density at radius 3 is 2.64 bits per heavy atom. The van der Waals surface area contributed by atoms with E-state index in [1.807, 2.05) is 42.5 Å². The lowest BCUT2D eigenvalue weighted by Gasteiger charge is -2.06. The van der Waals surface area contributed by atoms with E-state index in [0.717, 1.165) is 11.3 Å². The molecule has 1 heterocycles. The average molecular weight is 378 g/mol. The maximum atomic E-state index is 13.7. The third-order valence-corrected chi connectivity index (χ3v) is 3.84. The predicted octanol–water partition coefficient (Wildman–Crippen LogP) is 4.46. The number of amides is 1. The van der Waals surface area contributed by atoms with Gasteiger partial charge < -0.3 is 14.8 Å². The molecule has 6 heteroatoms. The van der Waals surface area contributed by atoms with Gasteiger partial charge in [0.1, 0.15) is 12.4 Å². The van der Waals surface area contributed by atoms with Gasteiger partial charge in [0.2, 0.25) is 5.91 Å². The molecule has 1 amide bonds. The Morgan fingerprint density at radius 1 is 1.14 bits per heavy atom. The van der Waals surface area contributed by atoms with Crippen LogP contribution in [-0.2, 0) is 11.4 Å². The molecular weight excluding hydrogens is 359 g/mol. The van der Waals surface area contributed by atoms with Gasteiger partial charge >= 0.3 is 0 Å². The Hall–Kier alpha value is -3.67. The Balaban J connectivity index is 1.53. The summed E-state index contributed by atoms with van der Waals surface area (Å²) in [5.74, 6) is -0.0644. The molecule has 1 N–H and O–H groups in total. The lowest BCUT2D eigenvalue weighted by atomic mass is 10.2. The standard InChI is InChI=1S/C22H19FN2O3/c1-27-21-11-8-17(14-20(21)23)25-22(26)12-7-16-5-9-19(10-6-16)28-15-18-4-2-3-13-24-18/h2-14H,15H2,1H3,(H,25,26)/b12-7+. The minimum absolute atomic E-state index is 0.124. The van der Waals surface area contributed by atoms with Crippen LogP contribution < -0.4 is 14.8 Å². The number of hydrogen-bond donors (Lipinski definition) is 1. The second kappa shape index (κ2) is 9.32. The maximum absolute atomic E-state index is 13.7. The van der Waals surface area contributed by atoms with Gasteiger partial charge in [-0.3, -0.25) is 9.78 Å². The molecule has 3 rings (SSSR count). The third kappa shape index (κ3) is 5.41. The number of benzene rings is 2. The molecular formula is C22H19FN2O3. The fraction of sp³-hybridized carbons (Fsp3) is 0.0909. The number of halogens is 1. The van der Waals surface area contributed by atoms with Crippen molar-refractivity contribution in [2.75, 3.05) is 12.4 Å².